The van der Waals surface area contributed by atoms with Crippen LogP contribution in [0.2, 0.25) is 5.02 Å². The highest BCUT2D eigenvalue weighted by molar-refractivity contribution is 6.31. The molecular weight excluding hydrogens is 324 g/mol. The Kier molecular flexibility index (Phi) is 8.03. The zero-order valence-corrected chi connectivity index (χ0v) is 15.2. The van der Waals surface area contributed by atoms with E-state index in [4.69, 9.17) is 22.1 Å². The van der Waals surface area contributed by atoms with Crippen LogP contribution in [0.3, 0.4) is 0 Å². The first-order chi connectivity index (χ1) is 11.6. The third kappa shape index (κ3) is 5.76. The van der Waals surface area contributed by atoms with Crippen molar-refractivity contribution in [3.63, 3.8) is 0 Å². The number of nitrogens with one attached hydrogen (secondary N) is 1. The molecule has 0 radical (unpaired) electrons. The Bertz CT molecular complexity index is 518. The number of carbonyl (C=O) groups excluding carboxylic acids is 1. The number of nitrogens with two attached hydrogens (primary N) is 1. The van der Waals surface area contributed by atoms with Crippen LogP contribution < -0.4 is 11.1 Å². The first kappa shape index (κ1) is 19.2. The SMILES string of the molecule is COC(C(=O)NCCc1ccccc1Cl)C(N)CC1CCCCC1. The van der Waals surface area contributed by atoms with Gasteiger partial charge < -0.3 is 15.8 Å². The molecule has 1 aromatic rings. The van der Waals surface area contributed by atoms with E-state index >= 15 is 0 Å². The molecule has 4 nitrogen and oxygen atoms in total. The molecule has 1 aliphatic carbocycles. The van der Waals surface area contributed by atoms with Gasteiger partial charge in [0.25, 0.3) is 5.91 Å². The molecule has 0 aromatic heterocycles. The molecule has 1 saturated carbocycles. The quantitative estimate of drug-likeness (QED) is 0.754. The number of halogens is 1. The largest absolute Gasteiger partial charge is 0.370 e. The summed E-state index contributed by atoms with van der Waals surface area (Å²) < 4.78 is 5.38. The Labute approximate surface area is 150 Å². The smallest absolute Gasteiger partial charge is 0.250 e. The molecular formula is C19H29ClN2O2. The van der Waals surface area contributed by atoms with Crippen molar-refractivity contribution >= 4 is 17.5 Å². The summed E-state index contributed by atoms with van der Waals surface area (Å²) in [5, 5.41) is 3.65. The molecule has 3 N–H and O–H groups in total. The molecule has 24 heavy (non-hydrogen) atoms. The zero-order valence-electron chi connectivity index (χ0n) is 14.5. The van der Waals surface area contributed by atoms with Crippen LogP contribution >= 0.6 is 11.6 Å². The van der Waals surface area contributed by atoms with Gasteiger partial charge in [0.05, 0.1) is 0 Å². The lowest BCUT2D eigenvalue weighted by atomic mass is 9.84. The number of methoxy groups -OCH3 is 1. The lowest BCUT2D eigenvalue weighted by molar-refractivity contribution is -0.132. The zero-order chi connectivity index (χ0) is 17.4. The fraction of sp³-hybridized carbons (Fsp3) is 0.632. The monoisotopic (exact) mass is 352 g/mol. The van der Waals surface area contributed by atoms with Gasteiger partial charge in [-0.3, -0.25) is 4.79 Å². The fourth-order valence-corrected chi connectivity index (χ4v) is 3.76. The van der Waals surface area contributed by atoms with Crippen molar-refractivity contribution in [3.8, 4) is 0 Å². The van der Waals surface area contributed by atoms with Crippen LogP contribution in [-0.4, -0.2) is 31.7 Å². The third-order valence-corrected chi connectivity index (χ3v) is 5.25. The van der Waals surface area contributed by atoms with Gasteiger partial charge in [-0.25, -0.2) is 0 Å². The highest BCUT2D eigenvalue weighted by Gasteiger charge is 2.28. The Hall–Kier alpha value is -1.10. The molecule has 1 aliphatic rings. The van der Waals surface area contributed by atoms with Crippen molar-refractivity contribution in [2.75, 3.05) is 13.7 Å². The molecule has 0 saturated heterocycles. The predicted molar refractivity (Wildman–Crippen MR) is 98.1 cm³/mol. The molecule has 2 unspecified atom stereocenters. The minimum Gasteiger partial charge on any atom is -0.370 e. The molecule has 0 aliphatic heterocycles. The summed E-state index contributed by atoms with van der Waals surface area (Å²) in [6.45, 7) is 0.526. The second-order valence-electron chi connectivity index (χ2n) is 6.69. The van der Waals surface area contributed by atoms with Crippen LogP contribution in [0.5, 0.6) is 0 Å². The van der Waals surface area contributed by atoms with Gasteiger partial charge >= 0.3 is 0 Å². The van der Waals surface area contributed by atoms with Gasteiger partial charge in [-0.15, -0.1) is 0 Å². The predicted octanol–water partition coefficient (Wildman–Crippen LogP) is 3.31. The molecule has 0 heterocycles. The summed E-state index contributed by atoms with van der Waals surface area (Å²) >= 11 is 6.13. The van der Waals surface area contributed by atoms with Gasteiger partial charge in [0.1, 0.15) is 0 Å². The summed E-state index contributed by atoms with van der Waals surface area (Å²) in [7, 11) is 1.55. The van der Waals surface area contributed by atoms with Gasteiger partial charge in [0.2, 0.25) is 0 Å². The van der Waals surface area contributed by atoms with Gasteiger partial charge in [-0.05, 0) is 30.4 Å². The highest BCUT2D eigenvalue weighted by atomic mass is 35.5. The van der Waals surface area contributed by atoms with Crippen molar-refractivity contribution in [1.29, 1.82) is 0 Å². The van der Waals surface area contributed by atoms with Gasteiger partial charge in [0, 0.05) is 24.7 Å². The fourth-order valence-electron chi connectivity index (χ4n) is 3.53. The van der Waals surface area contributed by atoms with E-state index in [1.807, 2.05) is 24.3 Å². The molecule has 1 fully saturated rings. The Morgan fingerprint density at radius 1 is 1.33 bits per heavy atom. The van der Waals surface area contributed by atoms with E-state index in [1.54, 1.807) is 7.11 Å². The maximum Gasteiger partial charge on any atom is 0.250 e. The average Bonchev–Trinajstić information content (AvgIpc) is 2.58. The summed E-state index contributed by atoms with van der Waals surface area (Å²) in [6.07, 6.45) is 7.28. The van der Waals surface area contributed by atoms with Crippen molar-refractivity contribution < 1.29 is 9.53 Å². The Morgan fingerprint density at radius 3 is 2.71 bits per heavy atom. The van der Waals surface area contributed by atoms with Crippen LogP contribution in [0.4, 0.5) is 0 Å². The van der Waals surface area contributed by atoms with Crippen molar-refractivity contribution in [1.82, 2.24) is 5.32 Å². The number of rotatable bonds is 8. The van der Waals surface area contributed by atoms with E-state index in [2.05, 4.69) is 5.32 Å². The molecule has 2 atom stereocenters. The van der Waals surface area contributed by atoms with Crippen LogP contribution in [0.15, 0.2) is 24.3 Å². The summed E-state index contributed by atoms with van der Waals surface area (Å²) in [4.78, 5) is 12.4. The second-order valence-corrected chi connectivity index (χ2v) is 7.10. The third-order valence-electron chi connectivity index (χ3n) is 4.88. The van der Waals surface area contributed by atoms with Gasteiger partial charge in [-0.1, -0.05) is 61.9 Å². The van der Waals surface area contributed by atoms with Crippen molar-refractivity contribution in [3.05, 3.63) is 34.9 Å². The molecule has 1 aromatic carbocycles. The van der Waals surface area contributed by atoms with Crippen LogP contribution in [0.1, 0.15) is 44.1 Å². The normalized spacial score (nSPS) is 18.1. The number of ether oxygens (including phenoxy) is 1. The van der Waals surface area contributed by atoms with E-state index < -0.39 is 6.10 Å². The maximum absolute atomic E-state index is 12.4. The molecule has 0 spiro atoms. The lowest BCUT2D eigenvalue weighted by Crippen LogP contribution is -2.48. The number of carbonyl (C=O) groups is 1. The van der Waals surface area contributed by atoms with E-state index in [9.17, 15) is 4.79 Å². The number of benzene rings is 1. The molecule has 134 valence electrons. The standard InChI is InChI=1S/C19H29ClN2O2/c1-24-18(17(21)13-14-7-3-2-4-8-14)19(23)22-12-11-15-9-5-6-10-16(15)20/h5-6,9-10,14,17-18H,2-4,7-8,11-13,21H2,1H3,(H,22,23). The van der Waals surface area contributed by atoms with Crippen molar-refractivity contribution in [2.24, 2.45) is 11.7 Å². The highest BCUT2D eigenvalue weighted by Crippen LogP contribution is 2.27. The van der Waals surface area contributed by atoms with Gasteiger partial charge in [-0.2, -0.15) is 0 Å². The Balaban J connectivity index is 1.78. The number of hydrogen-bond donors (Lipinski definition) is 2. The maximum atomic E-state index is 12.4. The molecule has 5 heteroatoms. The van der Waals surface area contributed by atoms with E-state index in [0.29, 0.717) is 18.9 Å². The molecule has 1 amide bonds. The number of hydrogen-bond acceptors (Lipinski definition) is 3. The van der Waals surface area contributed by atoms with Crippen molar-refractivity contribution in [2.45, 2.75) is 57.1 Å². The number of amides is 1. The summed E-state index contributed by atoms with van der Waals surface area (Å²) in [6, 6.07) is 7.42. The molecule has 2 rings (SSSR count). The molecule has 0 bridgehead atoms. The minimum absolute atomic E-state index is 0.132. The minimum atomic E-state index is -0.585. The first-order valence-electron chi connectivity index (χ1n) is 8.91. The average molecular weight is 353 g/mol. The van der Waals surface area contributed by atoms with E-state index in [0.717, 1.165) is 17.0 Å². The van der Waals surface area contributed by atoms with Crippen LogP contribution in [0.25, 0.3) is 0 Å². The summed E-state index contributed by atoms with van der Waals surface area (Å²) in [5.41, 5.74) is 7.29. The van der Waals surface area contributed by atoms with Crippen LogP contribution in [0, 0.1) is 5.92 Å². The van der Waals surface area contributed by atoms with E-state index in [1.165, 1.54) is 32.1 Å². The Morgan fingerprint density at radius 2 is 2.04 bits per heavy atom. The first-order valence-corrected chi connectivity index (χ1v) is 9.29. The second kappa shape index (κ2) is 10.0. The topological polar surface area (TPSA) is 64.3 Å². The van der Waals surface area contributed by atoms with E-state index in [-0.39, 0.29) is 11.9 Å². The summed E-state index contributed by atoms with van der Waals surface area (Å²) in [5.74, 6) is 0.496. The van der Waals surface area contributed by atoms with Crippen LogP contribution in [-0.2, 0) is 16.0 Å². The lowest BCUT2D eigenvalue weighted by Gasteiger charge is -2.28. The van der Waals surface area contributed by atoms with Gasteiger partial charge in [0.15, 0.2) is 6.10 Å².